The Morgan fingerprint density at radius 1 is 1.02 bits per heavy atom. The van der Waals surface area contributed by atoms with Gasteiger partial charge in [-0.25, -0.2) is 13.6 Å². The Balaban J connectivity index is 1.67. The van der Waals surface area contributed by atoms with Gasteiger partial charge in [0.05, 0.1) is 12.7 Å². The third-order valence-electron chi connectivity index (χ3n) is 7.58. The topological polar surface area (TPSA) is 110 Å². The van der Waals surface area contributed by atoms with Crippen LogP contribution in [0.5, 0.6) is 5.75 Å². The zero-order valence-electron chi connectivity index (χ0n) is 24.7. The van der Waals surface area contributed by atoms with Crippen molar-refractivity contribution in [2.45, 2.75) is 44.9 Å². The lowest BCUT2D eigenvalue weighted by Crippen LogP contribution is -2.43. The van der Waals surface area contributed by atoms with E-state index in [1.807, 2.05) is 5.32 Å². The molecular formula is C32H30F5N3O5. The molecule has 2 atom stereocenters. The maximum Gasteiger partial charge on any atom is 0.408 e. The molecular weight excluding hydrogens is 601 g/mol. The fourth-order valence-electron chi connectivity index (χ4n) is 5.10. The molecule has 1 amide bonds. The third-order valence-corrected chi connectivity index (χ3v) is 7.58. The number of nitrogens with zero attached hydrogens (tertiary/aromatic N) is 1. The highest BCUT2D eigenvalue weighted by Crippen LogP contribution is 2.35. The summed E-state index contributed by atoms with van der Waals surface area (Å²) in [7, 11) is 3.06. The van der Waals surface area contributed by atoms with Crippen LogP contribution in [0.2, 0.25) is 0 Å². The number of aliphatic carboxylic acids is 1. The number of carboxylic acids is 1. The van der Waals surface area contributed by atoms with E-state index in [1.54, 1.807) is 56.4 Å². The van der Waals surface area contributed by atoms with Crippen molar-refractivity contribution in [2.24, 2.45) is 7.05 Å². The Kier molecular flexibility index (Phi) is 9.50. The number of anilines is 1. The van der Waals surface area contributed by atoms with Gasteiger partial charge in [0.15, 0.2) is 0 Å². The van der Waals surface area contributed by atoms with Crippen LogP contribution in [-0.2, 0) is 18.3 Å². The first-order valence-electron chi connectivity index (χ1n) is 13.8. The van der Waals surface area contributed by atoms with Crippen molar-refractivity contribution in [3.8, 4) is 16.9 Å². The Hall–Kier alpha value is -4.94. The van der Waals surface area contributed by atoms with Gasteiger partial charge < -0.3 is 25.0 Å². The van der Waals surface area contributed by atoms with Crippen LogP contribution in [0.1, 0.15) is 35.0 Å². The average molecular weight is 632 g/mol. The summed E-state index contributed by atoms with van der Waals surface area (Å²) < 4.78 is 76.0. The quantitative estimate of drug-likeness (QED) is 0.186. The SMILES string of the molecule is CC[C@@H](Nc1cc(F)c(C(=O)N[C@@H](Cc2ccc(-c3c(OC)cc(C)n(C)c3=O)c3ccccc23)C(=O)O)c(F)c1)C(F)(F)F. The predicted octanol–water partition coefficient (Wildman–Crippen LogP) is 5.98. The molecule has 0 radical (unpaired) electrons. The summed E-state index contributed by atoms with van der Waals surface area (Å²) in [5.74, 6) is -5.50. The first kappa shape index (κ1) is 33.0. The van der Waals surface area contributed by atoms with Crippen molar-refractivity contribution in [1.82, 2.24) is 9.88 Å². The van der Waals surface area contributed by atoms with E-state index in [0.29, 0.717) is 51.0 Å². The molecule has 0 bridgehead atoms. The van der Waals surface area contributed by atoms with Gasteiger partial charge in [0.1, 0.15) is 35.0 Å². The second-order valence-electron chi connectivity index (χ2n) is 10.4. The number of halogens is 5. The monoisotopic (exact) mass is 631 g/mol. The molecule has 0 unspecified atom stereocenters. The number of ether oxygens (including phenoxy) is 1. The van der Waals surface area contributed by atoms with Gasteiger partial charge in [-0.2, -0.15) is 13.2 Å². The number of carbonyl (C=O) groups is 2. The molecule has 3 aromatic carbocycles. The summed E-state index contributed by atoms with van der Waals surface area (Å²) in [5, 5.41) is 15.2. The standard InChI is InChI=1S/C32H30F5N3O5/c1-5-26(32(35,36)37)38-18-14-22(33)28(23(34)15-18)29(41)39-24(31(43)44)13-17-10-11-21(20-9-7-6-8-19(17)20)27-25(45-4)12-16(2)40(3)30(27)42/h6-12,14-15,24,26,38H,5,13H2,1-4H3,(H,39,41)(H,43,44)/t24-,26+/m0/s1. The molecule has 1 heterocycles. The van der Waals surface area contributed by atoms with Gasteiger partial charge in [-0.05, 0) is 47.4 Å². The van der Waals surface area contributed by atoms with Crippen LogP contribution in [0.15, 0.2) is 59.4 Å². The second kappa shape index (κ2) is 13.0. The number of carbonyl (C=O) groups excluding carboxylic acids is 1. The van der Waals surface area contributed by atoms with Gasteiger partial charge in [0.25, 0.3) is 11.5 Å². The molecule has 0 aliphatic heterocycles. The maximum atomic E-state index is 14.8. The highest BCUT2D eigenvalue weighted by Gasteiger charge is 2.38. The summed E-state index contributed by atoms with van der Waals surface area (Å²) in [4.78, 5) is 38.3. The van der Waals surface area contributed by atoms with Crippen LogP contribution in [0.3, 0.4) is 0 Å². The summed E-state index contributed by atoms with van der Waals surface area (Å²) in [5.41, 5.74) is -0.0528. The summed E-state index contributed by atoms with van der Waals surface area (Å²) >= 11 is 0. The summed E-state index contributed by atoms with van der Waals surface area (Å²) in [6.07, 6.45) is -5.41. The number of hydrogen-bond acceptors (Lipinski definition) is 5. The maximum absolute atomic E-state index is 14.8. The highest BCUT2D eigenvalue weighted by atomic mass is 19.4. The number of carboxylic acid groups (broad SMARTS) is 1. The fraction of sp³-hybridized carbons (Fsp3) is 0.281. The number of alkyl halides is 3. The van der Waals surface area contributed by atoms with Gasteiger partial charge in [0, 0.05) is 30.9 Å². The average Bonchev–Trinajstić information content (AvgIpc) is 2.97. The first-order chi connectivity index (χ1) is 21.2. The smallest absolute Gasteiger partial charge is 0.408 e. The Morgan fingerprint density at radius 2 is 1.64 bits per heavy atom. The molecule has 238 valence electrons. The Labute approximate surface area is 254 Å². The minimum atomic E-state index is -4.68. The lowest BCUT2D eigenvalue weighted by atomic mass is 9.92. The van der Waals surface area contributed by atoms with Crippen LogP contribution in [0.25, 0.3) is 21.9 Å². The number of nitrogens with one attached hydrogen (secondary N) is 2. The molecule has 0 fully saturated rings. The van der Waals surface area contributed by atoms with Crippen LogP contribution >= 0.6 is 0 Å². The number of benzene rings is 3. The predicted molar refractivity (Wildman–Crippen MR) is 159 cm³/mol. The Morgan fingerprint density at radius 3 is 2.20 bits per heavy atom. The number of pyridine rings is 1. The molecule has 8 nitrogen and oxygen atoms in total. The molecule has 3 N–H and O–H groups in total. The van der Waals surface area contributed by atoms with E-state index in [1.165, 1.54) is 18.6 Å². The highest BCUT2D eigenvalue weighted by molar-refractivity contribution is 6.00. The molecule has 0 spiro atoms. The summed E-state index contributed by atoms with van der Waals surface area (Å²) in [6, 6.07) is 9.16. The summed E-state index contributed by atoms with van der Waals surface area (Å²) in [6.45, 7) is 3.00. The lowest BCUT2D eigenvalue weighted by molar-refractivity contribution is -0.143. The number of methoxy groups -OCH3 is 1. The minimum Gasteiger partial charge on any atom is -0.496 e. The number of amides is 1. The molecule has 0 saturated carbocycles. The zero-order chi connectivity index (χ0) is 33.2. The van der Waals surface area contributed by atoms with E-state index in [4.69, 9.17) is 4.74 Å². The van der Waals surface area contributed by atoms with Crippen molar-refractivity contribution < 1.29 is 41.4 Å². The van der Waals surface area contributed by atoms with Crippen molar-refractivity contribution in [2.75, 3.05) is 12.4 Å². The van der Waals surface area contributed by atoms with E-state index in [2.05, 4.69) is 5.32 Å². The van der Waals surface area contributed by atoms with Crippen LogP contribution < -0.4 is 20.9 Å². The number of hydrogen-bond donors (Lipinski definition) is 3. The van der Waals surface area contributed by atoms with E-state index in [-0.39, 0.29) is 12.0 Å². The van der Waals surface area contributed by atoms with Crippen LogP contribution in [0.4, 0.5) is 27.6 Å². The van der Waals surface area contributed by atoms with E-state index in [9.17, 15) is 41.4 Å². The van der Waals surface area contributed by atoms with E-state index >= 15 is 0 Å². The second-order valence-corrected chi connectivity index (χ2v) is 10.4. The molecule has 0 aliphatic rings. The fourth-order valence-corrected chi connectivity index (χ4v) is 5.10. The molecule has 0 saturated heterocycles. The third kappa shape index (κ3) is 6.76. The van der Waals surface area contributed by atoms with E-state index in [0.717, 1.165) is 0 Å². The van der Waals surface area contributed by atoms with Crippen molar-refractivity contribution in [1.29, 1.82) is 0 Å². The molecule has 4 aromatic rings. The van der Waals surface area contributed by atoms with Crippen molar-refractivity contribution in [3.63, 3.8) is 0 Å². The van der Waals surface area contributed by atoms with Crippen LogP contribution in [0, 0.1) is 18.6 Å². The number of rotatable bonds is 10. The van der Waals surface area contributed by atoms with Gasteiger partial charge in [-0.3, -0.25) is 9.59 Å². The molecule has 13 heteroatoms. The molecule has 0 aliphatic carbocycles. The Bertz CT molecular complexity index is 1810. The number of aryl methyl sites for hydroxylation is 1. The molecule has 1 aromatic heterocycles. The number of aromatic nitrogens is 1. The van der Waals surface area contributed by atoms with Gasteiger partial charge >= 0.3 is 12.1 Å². The molecule has 45 heavy (non-hydrogen) atoms. The van der Waals surface area contributed by atoms with Gasteiger partial charge in [-0.1, -0.05) is 43.3 Å². The lowest BCUT2D eigenvalue weighted by Gasteiger charge is -2.22. The number of fused-ring (bicyclic) bond motifs is 1. The normalized spacial score (nSPS) is 12.9. The first-order valence-corrected chi connectivity index (χ1v) is 13.8. The van der Waals surface area contributed by atoms with Crippen molar-refractivity contribution >= 4 is 28.3 Å². The van der Waals surface area contributed by atoms with Crippen LogP contribution in [-0.4, -0.2) is 46.9 Å². The van der Waals surface area contributed by atoms with E-state index < -0.39 is 59.4 Å². The molecule has 4 rings (SSSR count). The van der Waals surface area contributed by atoms with Gasteiger partial charge in [-0.15, -0.1) is 0 Å². The zero-order valence-corrected chi connectivity index (χ0v) is 24.7. The largest absolute Gasteiger partial charge is 0.496 e. The van der Waals surface area contributed by atoms with Crippen molar-refractivity contribution in [3.05, 3.63) is 93.4 Å². The minimum absolute atomic E-state index is 0.292. The van der Waals surface area contributed by atoms with Gasteiger partial charge in [0.2, 0.25) is 0 Å².